The maximum atomic E-state index is 13.3. The van der Waals surface area contributed by atoms with Crippen molar-refractivity contribution < 1.29 is 9.31 Å². The summed E-state index contributed by atoms with van der Waals surface area (Å²) in [7, 11) is 0. The lowest BCUT2D eigenvalue weighted by atomic mass is 9.70. The van der Waals surface area contributed by atoms with Gasteiger partial charge < -0.3 is 10.6 Å². The van der Waals surface area contributed by atoms with Gasteiger partial charge in [0.25, 0.3) is 5.69 Å². The summed E-state index contributed by atoms with van der Waals surface area (Å²) in [4.78, 5) is 10.5. The van der Waals surface area contributed by atoms with Crippen LogP contribution >= 0.6 is 0 Å². The lowest BCUT2D eigenvalue weighted by molar-refractivity contribution is -0.384. The lowest BCUT2D eigenvalue weighted by Gasteiger charge is -2.48. The van der Waals surface area contributed by atoms with E-state index in [0.717, 1.165) is 38.3 Å². The third kappa shape index (κ3) is 2.47. The van der Waals surface area contributed by atoms with Gasteiger partial charge in [0.15, 0.2) is 0 Å². The summed E-state index contributed by atoms with van der Waals surface area (Å²) < 4.78 is 13.3. The van der Waals surface area contributed by atoms with Crippen LogP contribution in [-0.2, 0) is 0 Å². The van der Waals surface area contributed by atoms with Crippen LogP contribution in [0, 0.1) is 15.9 Å². The van der Waals surface area contributed by atoms with E-state index in [1.807, 2.05) is 0 Å². The van der Waals surface area contributed by atoms with Gasteiger partial charge in [-0.3, -0.25) is 10.1 Å². The zero-order valence-corrected chi connectivity index (χ0v) is 11.2. The minimum Gasteiger partial charge on any atom is -0.377 e. The van der Waals surface area contributed by atoms with Crippen LogP contribution < -0.4 is 10.6 Å². The van der Waals surface area contributed by atoms with Crippen molar-refractivity contribution in [3.05, 3.63) is 34.1 Å². The summed E-state index contributed by atoms with van der Waals surface area (Å²) in [5.41, 5.74) is 0.432. The predicted molar refractivity (Wildman–Crippen MR) is 74.3 cm³/mol. The highest BCUT2D eigenvalue weighted by Crippen LogP contribution is 2.39. The largest absolute Gasteiger partial charge is 0.377 e. The molecule has 1 aromatic rings. The molecule has 2 N–H and O–H groups in total. The zero-order chi connectivity index (χ0) is 14.2. The van der Waals surface area contributed by atoms with Crippen LogP contribution in [0.2, 0.25) is 0 Å². The minimum absolute atomic E-state index is 0.0624. The van der Waals surface area contributed by atoms with Gasteiger partial charge in [-0.05, 0) is 44.7 Å². The first-order valence-electron chi connectivity index (χ1n) is 7.04. The van der Waals surface area contributed by atoms with Gasteiger partial charge in [0, 0.05) is 23.7 Å². The van der Waals surface area contributed by atoms with Crippen molar-refractivity contribution in [3.8, 4) is 0 Å². The number of nitrogens with zero attached hydrogens (tertiary/aromatic N) is 1. The Balaban J connectivity index is 1.76. The van der Waals surface area contributed by atoms with Crippen LogP contribution in [-0.4, -0.2) is 23.0 Å². The van der Waals surface area contributed by atoms with Crippen molar-refractivity contribution in [1.82, 2.24) is 5.32 Å². The van der Waals surface area contributed by atoms with E-state index in [1.165, 1.54) is 18.6 Å². The van der Waals surface area contributed by atoms with Crippen LogP contribution in [0.1, 0.15) is 32.1 Å². The fourth-order valence-electron chi connectivity index (χ4n) is 3.27. The molecule has 3 rings (SSSR count). The van der Waals surface area contributed by atoms with E-state index < -0.39 is 10.7 Å². The Morgan fingerprint density at radius 3 is 2.90 bits per heavy atom. The Bertz CT molecular complexity index is 531. The second-order valence-corrected chi connectivity index (χ2v) is 5.81. The second kappa shape index (κ2) is 5.01. The van der Waals surface area contributed by atoms with Gasteiger partial charge in [0.2, 0.25) is 0 Å². The summed E-state index contributed by atoms with van der Waals surface area (Å²) in [6, 6.07) is 3.72. The van der Waals surface area contributed by atoms with E-state index in [4.69, 9.17) is 0 Å². The van der Waals surface area contributed by atoms with Crippen molar-refractivity contribution in [3.63, 3.8) is 0 Å². The van der Waals surface area contributed by atoms with Crippen molar-refractivity contribution >= 4 is 11.4 Å². The monoisotopic (exact) mass is 279 g/mol. The van der Waals surface area contributed by atoms with E-state index in [0.29, 0.717) is 0 Å². The average Bonchev–Trinajstić information content (AvgIpc) is 2.37. The van der Waals surface area contributed by atoms with Gasteiger partial charge in [-0.1, -0.05) is 0 Å². The lowest BCUT2D eigenvalue weighted by Crippen LogP contribution is -2.58. The summed E-state index contributed by atoms with van der Waals surface area (Å²) in [6.07, 6.45) is 5.41. The van der Waals surface area contributed by atoms with Gasteiger partial charge in [-0.15, -0.1) is 0 Å². The van der Waals surface area contributed by atoms with Crippen molar-refractivity contribution in [2.75, 3.05) is 11.9 Å². The fraction of sp³-hybridized carbons (Fsp3) is 0.571. The number of rotatable bonds is 3. The Hall–Kier alpha value is -1.69. The highest BCUT2D eigenvalue weighted by Gasteiger charge is 2.41. The number of nitro benzene ring substituents is 1. The molecule has 1 aliphatic heterocycles. The van der Waals surface area contributed by atoms with Crippen molar-refractivity contribution in [2.45, 2.75) is 43.7 Å². The molecule has 2 fully saturated rings. The predicted octanol–water partition coefficient (Wildman–Crippen LogP) is 2.82. The normalized spacial score (nSPS) is 24.1. The molecule has 1 saturated heterocycles. The first-order valence-corrected chi connectivity index (χ1v) is 7.04. The topological polar surface area (TPSA) is 67.2 Å². The third-order valence-electron chi connectivity index (χ3n) is 4.46. The molecule has 0 amide bonds. The quantitative estimate of drug-likeness (QED) is 0.659. The minimum atomic E-state index is -0.470. The van der Waals surface area contributed by atoms with E-state index >= 15 is 0 Å². The Morgan fingerprint density at radius 2 is 2.25 bits per heavy atom. The van der Waals surface area contributed by atoms with Crippen LogP contribution in [0.4, 0.5) is 15.8 Å². The van der Waals surface area contributed by atoms with Gasteiger partial charge >= 0.3 is 0 Å². The van der Waals surface area contributed by atoms with E-state index in [9.17, 15) is 14.5 Å². The van der Waals surface area contributed by atoms with Crippen LogP contribution in [0.25, 0.3) is 0 Å². The summed E-state index contributed by atoms with van der Waals surface area (Å²) in [6.45, 7) is 0.904. The number of hydrogen-bond acceptors (Lipinski definition) is 4. The number of nitro groups is 1. The van der Waals surface area contributed by atoms with E-state index in [-0.39, 0.29) is 23.0 Å². The molecule has 1 heterocycles. The molecule has 0 radical (unpaired) electrons. The maximum absolute atomic E-state index is 13.3. The molecule has 6 heteroatoms. The number of nitrogens with one attached hydrogen (secondary N) is 2. The van der Waals surface area contributed by atoms with Crippen molar-refractivity contribution in [1.29, 1.82) is 0 Å². The SMILES string of the molecule is O=[N+]([O-])c1ccc(F)cc1NC1CCNC2(CCC2)C1. The van der Waals surface area contributed by atoms with Crippen molar-refractivity contribution in [2.24, 2.45) is 0 Å². The molecule has 20 heavy (non-hydrogen) atoms. The molecule has 0 bridgehead atoms. The van der Waals surface area contributed by atoms with E-state index in [2.05, 4.69) is 10.6 Å². The molecule has 1 spiro atoms. The molecule has 108 valence electrons. The molecule has 1 aromatic carbocycles. The van der Waals surface area contributed by atoms with E-state index in [1.54, 1.807) is 0 Å². The van der Waals surface area contributed by atoms with Crippen LogP contribution in [0.15, 0.2) is 18.2 Å². The first-order chi connectivity index (χ1) is 9.58. The molecule has 1 atom stereocenters. The number of piperidine rings is 1. The molecule has 0 aromatic heterocycles. The van der Waals surface area contributed by atoms with Crippen LogP contribution in [0.3, 0.4) is 0 Å². The molecule has 5 nitrogen and oxygen atoms in total. The Labute approximate surface area is 116 Å². The number of hydrogen-bond donors (Lipinski definition) is 2. The first kappa shape index (κ1) is 13.3. The molecule has 1 saturated carbocycles. The van der Waals surface area contributed by atoms with Gasteiger partial charge in [-0.25, -0.2) is 4.39 Å². The van der Waals surface area contributed by atoms with Gasteiger partial charge in [-0.2, -0.15) is 0 Å². The van der Waals surface area contributed by atoms with Crippen LogP contribution in [0.5, 0.6) is 0 Å². The zero-order valence-electron chi connectivity index (χ0n) is 11.2. The molecule has 1 unspecified atom stereocenters. The number of anilines is 1. The molecular weight excluding hydrogens is 261 g/mol. The number of benzene rings is 1. The standard InChI is InChI=1S/C14H18FN3O2/c15-10-2-3-13(18(19)20)12(8-10)17-11-4-7-16-14(9-11)5-1-6-14/h2-3,8,11,16-17H,1,4-7,9H2. The summed E-state index contributed by atoms with van der Waals surface area (Å²) >= 11 is 0. The molecular formula is C14H18FN3O2. The number of halogens is 1. The Morgan fingerprint density at radius 1 is 1.45 bits per heavy atom. The van der Waals surface area contributed by atoms with Gasteiger partial charge in [0.1, 0.15) is 11.5 Å². The highest BCUT2D eigenvalue weighted by molar-refractivity contribution is 5.62. The highest BCUT2D eigenvalue weighted by atomic mass is 19.1. The summed E-state index contributed by atoms with van der Waals surface area (Å²) in [5.74, 6) is -0.453. The second-order valence-electron chi connectivity index (χ2n) is 5.81. The molecule has 1 aliphatic carbocycles. The van der Waals surface area contributed by atoms with Gasteiger partial charge in [0.05, 0.1) is 4.92 Å². The third-order valence-corrected chi connectivity index (χ3v) is 4.46. The summed E-state index contributed by atoms with van der Waals surface area (Å²) in [5, 5.41) is 17.7. The maximum Gasteiger partial charge on any atom is 0.292 e. The smallest absolute Gasteiger partial charge is 0.292 e. The fourth-order valence-corrected chi connectivity index (χ4v) is 3.27. The average molecular weight is 279 g/mol. The molecule has 2 aliphatic rings. The Kier molecular flexibility index (Phi) is 3.33.